The van der Waals surface area contributed by atoms with Gasteiger partial charge < -0.3 is 5.11 Å². The van der Waals surface area contributed by atoms with E-state index in [-0.39, 0.29) is 23.1 Å². The van der Waals surface area contributed by atoms with Crippen LogP contribution in [0.3, 0.4) is 0 Å². The smallest absolute Gasteiger partial charge is 0.254 e. The number of hydrogen-bond donors (Lipinski definition) is 2. The number of hydrazone groups is 1. The van der Waals surface area contributed by atoms with Crippen molar-refractivity contribution in [3.05, 3.63) is 58.6 Å². The van der Waals surface area contributed by atoms with Gasteiger partial charge in [-0.25, -0.2) is 13.8 Å². The maximum Gasteiger partial charge on any atom is 0.254 e. The van der Waals surface area contributed by atoms with Crippen molar-refractivity contribution in [2.45, 2.75) is 4.90 Å². The van der Waals surface area contributed by atoms with Gasteiger partial charge in [-0.2, -0.15) is 9.41 Å². The molecule has 1 amide bonds. The van der Waals surface area contributed by atoms with E-state index >= 15 is 0 Å². The third-order valence-corrected chi connectivity index (χ3v) is 6.92. The van der Waals surface area contributed by atoms with Crippen LogP contribution in [0, 0.1) is 0 Å². The maximum atomic E-state index is 12.7. The van der Waals surface area contributed by atoms with Gasteiger partial charge in [0, 0.05) is 36.2 Å². The number of piperazine rings is 1. The number of nitrogens with one attached hydrogen (secondary N) is 1. The van der Waals surface area contributed by atoms with E-state index in [1.807, 2.05) is 4.90 Å². The van der Waals surface area contributed by atoms with E-state index in [1.165, 1.54) is 16.6 Å². The summed E-state index contributed by atoms with van der Waals surface area (Å²) in [6, 6.07) is 13.2. The summed E-state index contributed by atoms with van der Waals surface area (Å²) in [5.74, 6) is -0.227. The molecule has 2 aromatic rings. The first-order valence-corrected chi connectivity index (χ1v) is 11.2. The zero-order chi connectivity index (χ0) is 20.9. The van der Waals surface area contributed by atoms with Crippen molar-refractivity contribution in [2.24, 2.45) is 5.10 Å². The van der Waals surface area contributed by atoms with Crippen molar-refractivity contribution >= 4 is 38.1 Å². The van der Waals surface area contributed by atoms with Crippen molar-refractivity contribution in [3.8, 4) is 5.75 Å². The van der Waals surface area contributed by atoms with E-state index < -0.39 is 10.0 Å². The van der Waals surface area contributed by atoms with Gasteiger partial charge in [-0.1, -0.05) is 28.1 Å². The van der Waals surface area contributed by atoms with Gasteiger partial charge in [0.15, 0.2) is 0 Å². The molecule has 2 aromatic carbocycles. The van der Waals surface area contributed by atoms with Gasteiger partial charge in [0.2, 0.25) is 10.0 Å². The van der Waals surface area contributed by atoms with Crippen molar-refractivity contribution in [2.75, 3.05) is 32.7 Å². The third-order valence-electron chi connectivity index (χ3n) is 4.48. The molecule has 2 N–H and O–H groups in total. The molecule has 0 radical (unpaired) electrons. The number of carbonyl (C=O) groups excluding carboxylic acids is 1. The van der Waals surface area contributed by atoms with E-state index in [2.05, 4.69) is 26.5 Å². The van der Waals surface area contributed by atoms with Crippen LogP contribution in [0.25, 0.3) is 0 Å². The largest absolute Gasteiger partial charge is 0.507 e. The molecule has 154 valence electrons. The van der Waals surface area contributed by atoms with Crippen LogP contribution in [-0.2, 0) is 14.8 Å². The molecule has 1 saturated heterocycles. The minimum atomic E-state index is -3.54. The van der Waals surface area contributed by atoms with E-state index in [0.29, 0.717) is 31.7 Å². The summed E-state index contributed by atoms with van der Waals surface area (Å²) in [5.41, 5.74) is 2.92. The molecular formula is C19H21BrN4O4S. The molecule has 0 unspecified atom stereocenters. The minimum absolute atomic E-state index is 0.0774. The Bertz CT molecular complexity index is 988. The topological polar surface area (TPSA) is 102 Å². The molecule has 0 atom stereocenters. The first-order valence-electron chi connectivity index (χ1n) is 8.94. The second-order valence-electron chi connectivity index (χ2n) is 6.49. The zero-order valence-corrected chi connectivity index (χ0v) is 17.9. The summed E-state index contributed by atoms with van der Waals surface area (Å²) < 4.78 is 27.7. The lowest BCUT2D eigenvalue weighted by atomic mass is 10.2. The van der Waals surface area contributed by atoms with Gasteiger partial charge in [-0.3, -0.25) is 9.69 Å². The van der Waals surface area contributed by atoms with Crippen molar-refractivity contribution in [1.82, 2.24) is 14.6 Å². The predicted molar refractivity (Wildman–Crippen MR) is 113 cm³/mol. The molecule has 8 nitrogen and oxygen atoms in total. The number of para-hydroxylation sites is 1. The van der Waals surface area contributed by atoms with Gasteiger partial charge in [0.05, 0.1) is 17.7 Å². The van der Waals surface area contributed by atoms with Crippen LogP contribution in [-0.4, -0.2) is 67.6 Å². The number of phenolic OH excluding ortho intramolecular Hbond substituents is 1. The molecule has 0 bridgehead atoms. The highest BCUT2D eigenvalue weighted by molar-refractivity contribution is 9.10. The number of hydrogen-bond acceptors (Lipinski definition) is 6. The molecule has 1 heterocycles. The first-order chi connectivity index (χ1) is 13.9. The van der Waals surface area contributed by atoms with Gasteiger partial charge in [-0.15, -0.1) is 0 Å². The van der Waals surface area contributed by atoms with E-state index in [9.17, 15) is 18.3 Å². The first kappa shape index (κ1) is 21.4. The Morgan fingerprint density at radius 2 is 1.76 bits per heavy atom. The Morgan fingerprint density at radius 1 is 1.10 bits per heavy atom. The Morgan fingerprint density at radius 3 is 2.41 bits per heavy atom. The number of nitrogens with zero attached hydrogens (tertiary/aromatic N) is 3. The molecule has 1 aliphatic rings. The summed E-state index contributed by atoms with van der Waals surface area (Å²) in [6.07, 6.45) is 1.37. The van der Waals surface area contributed by atoms with Gasteiger partial charge >= 0.3 is 0 Å². The van der Waals surface area contributed by atoms with Crippen LogP contribution < -0.4 is 5.43 Å². The maximum absolute atomic E-state index is 12.7. The fourth-order valence-corrected chi connectivity index (χ4v) is 4.58. The number of phenols is 1. The highest BCUT2D eigenvalue weighted by atomic mass is 79.9. The molecule has 29 heavy (non-hydrogen) atoms. The van der Waals surface area contributed by atoms with Crippen LogP contribution in [0.4, 0.5) is 0 Å². The molecule has 0 spiro atoms. The third kappa shape index (κ3) is 5.63. The van der Waals surface area contributed by atoms with E-state index in [0.717, 1.165) is 4.47 Å². The summed E-state index contributed by atoms with van der Waals surface area (Å²) in [5, 5.41) is 13.5. The van der Waals surface area contributed by atoms with E-state index in [4.69, 9.17) is 0 Å². The summed E-state index contributed by atoms with van der Waals surface area (Å²) >= 11 is 3.30. The average molecular weight is 481 g/mol. The minimum Gasteiger partial charge on any atom is -0.507 e. The van der Waals surface area contributed by atoms with Gasteiger partial charge in [0.1, 0.15) is 5.75 Å². The molecule has 0 aromatic heterocycles. The fourth-order valence-electron chi connectivity index (χ4n) is 2.89. The van der Waals surface area contributed by atoms with E-state index in [1.54, 1.807) is 42.5 Å². The Kier molecular flexibility index (Phi) is 7.01. The van der Waals surface area contributed by atoms with Crippen LogP contribution in [0.5, 0.6) is 5.75 Å². The molecular weight excluding hydrogens is 460 g/mol. The van der Waals surface area contributed by atoms with Gasteiger partial charge in [0.25, 0.3) is 5.91 Å². The molecule has 10 heteroatoms. The molecule has 1 aliphatic heterocycles. The van der Waals surface area contributed by atoms with Crippen LogP contribution in [0.15, 0.2) is 63.0 Å². The number of sulfonamides is 1. The average Bonchev–Trinajstić information content (AvgIpc) is 2.70. The Balaban J connectivity index is 1.48. The SMILES string of the molecule is O=C(CN1CCN(S(=O)(=O)c2ccc(Br)cc2)CC1)N/N=C\c1ccccc1O. The highest BCUT2D eigenvalue weighted by Crippen LogP contribution is 2.20. The van der Waals surface area contributed by atoms with Crippen LogP contribution in [0.1, 0.15) is 5.56 Å². The van der Waals surface area contributed by atoms with Gasteiger partial charge in [-0.05, 0) is 36.4 Å². The molecule has 1 fully saturated rings. The second-order valence-corrected chi connectivity index (χ2v) is 9.34. The standard InChI is InChI=1S/C19H21BrN4O4S/c20-16-5-7-17(8-6-16)29(27,28)24-11-9-23(10-12-24)14-19(26)22-21-13-15-3-1-2-4-18(15)25/h1-8,13,25H,9-12,14H2,(H,22,26)/b21-13-. The van der Waals surface area contributed by atoms with Crippen molar-refractivity contribution < 1.29 is 18.3 Å². The lowest BCUT2D eigenvalue weighted by Gasteiger charge is -2.33. The van der Waals surface area contributed by atoms with Crippen LogP contribution >= 0.6 is 15.9 Å². The Hall–Kier alpha value is -2.27. The summed E-state index contributed by atoms with van der Waals surface area (Å²) in [4.78, 5) is 14.2. The lowest BCUT2D eigenvalue weighted by Crippen LogP contribution is -2.50. The number of amides is 1. The second kappa shape index (κ2) is 9.49. The molecule has 0 saturated carbocycles. The molecule has 0 aliphatic carbocycles. The van der Waals surface area contributed by atoms with Crippen molar-refractivity contribution in [3.63, 3.8) is 0 Å². The number of halogens is 1. The zero-order valence-electron chi connectivity index (χ0n) is 15.5. The lowest BCUT2D eigenvalue weighted by molar-refractivity contribution is -0.122. The highest BCUT2D eigenvalue weighted by Gasteiger charge is 2.28. The normalized spacial score (nSPS) is 16.2. The van der Waals surface area contributed by atoms with Crippen LogP contribution in [0.2, 0.25) is 0 Å². The number of benzene rings is 2. The summed E-state index contributed by atoms with van der Waals surface area (Å²) in [7, 11) is -3.54. The Labute approximate surface area is 178 Å². The number of carbonyl (C=O) groups is 1. The van der Waals surface area contributed by atoms with Crippen molar-refractivity contribution in [1.29, 1.82) is 0 Å². The monoisotopic (exact) mass is 480 g/mol. The number of rotatable bonds is 6. The summed E-state index contributed by atoms with van der Waals surface area (Å²) in [6.45, 7) is 1.64. The predicted octanol–water partition coefficient (Wildman–Crippen LogP) is 1.61. The quantitative estimate of drug-likeness (QED) is 0.482. The molecule has 3 rings (SSSR count). The number of aromatic hydroxyl groups is 1. The fraction of sp³-hybridized carbons (Fsp3) is 0.263.